The minimum absolute atomic E-state index is 0. The molecule has 1 aliphatic heterocycles. The van der Waals surface area contributed by atoms with E-state index in [4.69, 9.17) is 9.15 Å². The molecule has 0 spiro atoms. The van der Waals surface area contributed by atoms with E-state index in [2.05, 4.69) is 20.6 Å². The average Bonchev–Trinajstić information content (AvgIpc) is 3.39. The second-order valence-corrected chi connectivity index (χ2v) is 7.33. The molecule has 1 aromatic carbocycles. The monoisotopic (exact) mass is 527 g/mol. The third kappa shape index (κ3) is 7.28. The second kappa shape index (κ2) is 11.9. The van der Waals surface area contributed by atoms with Crippen LogP contribution in [-0.4, -0.2) is 61.6 Å². The number of hydrogen-bond acceptors (Lipinski definition) is 5. The number of oxazole rings is 1. The highest BCUT2D eigenvalue weighted by Gasteiger charge is 2.16. The number of aliphatic imine (C=N–C) groups is 1. The lowest BCUT2D eigenvalue weighted by atomic mass is 10.1. The molecule has 1 fully saturated rings. The fourth-order valence-electron chi connectivity index (χ4n) is 2.88. The number of guanidine groups is 1. The van der Waals surface area contributed by atoms with Crippen molar-refractivity contribution in [1.82, 2.24) is 20.5 Å². The molecular weight excluding hydrogens is 497 g/mol. The highest BCUT2D eigenvalue weighted by molar-refractivity contribution is 14.0. The van der Waals surface area contributed by atoms with Crippen molar-refractivity contribution in [1.29, 1.82) is 0 Å². The molecule has 9 heteroatoms. The average molecular weight is 527 g/mol. The fraction of sp³-hybridized carbons (Fsp3) is 0.476. The quantitative estimate of drug-likeness (QED) is 0.327. The first-order valence-electron chi connectivity index (χ1n) is 9.86. The lowest BCUT2D eigenvalue weighted by Gasteiger charge is -2.16. The highest BCUT2D eigenvalue weighted by Crippen LogP contribution is 2.19. The molecule has 2 N–H and O–H groups in total. The van der Waals surface area contributed by atoms with Crippen molar-refractivity contribution >= 4 is 35.8 Å². The van der Waals surface area contributed by atoms with Gasteiger partial charge in [0, 0.05) is 32.8 Å². The van der Waals surface area contributed by atoms with E-state index < -0.39 is 0 Å². The first-order valence-corrected chi connectivity index (χ1v) is 9.86. The van der Waals surface area contributed by atoms with Crippen LogP contribution in [0.4, 0.5) is 0 Å². The van der Waals surface area contributed by atoms with E-state index in [1.807, 2.05) is 31.2 Å². The number of nitrogens with one attached hydrogen (secondary N) is 2. The Kier molecular flexibility index (Phi) is 9.57. The van der Waals surface area contributed by atoms with Crippen LogP contribution in [0.25, 0.3) is 11.5 Å². The molecule has 1 saturated heterocycles. The molecule has 2 heterocycles. The van der Waals surface area contributed by atoms with Crippen LogP contribution < -0.4 is 10.6 Å². The summed E-state index contributed by atoms with van der Waals surface area (Å²) in [5.74, 6) is 1.09. The number of nitrogens with zero attached hydrogens (tertiary/aromatic N) is 3. The molecule has 1 atom stereocenters. The van der Waals surface area contributed by atoms with Gasteiger partial charge < -0.3 is 24.7 Å². The summed E-state index contributed by atoms with van der Waals surface area (Å²) < 4.78 is 11.2. The maximum atomic E-state index is 11.9. The minimum atomic E-state index is -0.0280. The van der Waals surface area contributed by atoms with Crippen LogP contribution in [0, 0.1) is 6.92 Å². The minimum Gasteiger partial charge on any atom is -0.444 e. The van der Waals surface area contributed by atoms with Gasteiger partial charge in [-0.05, 0) is 31.9 Å². The molecule has 8 nitrogen and oxygen atoms in total. The third-order valence-electron chi connectivity index (χ3n) is 4.68. The molecule has 1 aromatic heterocycles. The summed E-state index contributed by atoms with van der Waals surface area (Å²) in [6, 6.07) is 8.01. The van der Waals surface area contributed by atoms with E-state index in [9.17, 15) is 4.79 Å². The summed E-state index contributed by atoms with van der Waals surface area (Å²) in [5.41, 5.74) is 2.83. The van der Waals surface area contributed by atoms with Gasteiger partial charge in [0.15, 0.2) is 5.96 Å². The van der Waals surface area contributed by atoms with E-state index in [0.29, 0.717) is 24.9 Å². The van der Waals surface area contributed by atoms with Crippen LogP contribution in [0.1, 0.15) is 24.1 Å². The first kappa shape index (κ1) is 24.1. The lowest BCUT2D eigenvalue weighted by Crippen LogP contribution is -2.45. The highest BCUT2D eigenvalue weighted by atomic mass is 127. The molecule has 0 bridgehead atoms. The van der Waals surface area contributed by atoms with Gasteiger partial charge in [0.05, 0.1) is 19.2 Å². The summed E-state index contributed by atoms with van der Waals surface area (Å²) >= 11 is 0. The Bertz CT molecular complexity index is 829. The molecule has 0 radical (unpaired) electrons. The molecule has 30 heavy (non-hydrogen) atoms. The first-order chi connectivity index (χ1) is 14.0. The summed E-state index contributed by atoms with van der Waals surface area (Å²) in [6.45, 7) is 3.99. The van der Waals surface area contributed by atoms with Crippen LogP contribution in [0.2, 0.25) is 0 Å². The van der Waals surface area contributed by atoms with Crippen molar-refractivity contribution in [3.05, 3.63) is 41.8 Å². The Labute approximate surface area is 194 Å². The number of benzene rings is 1. The topological polar surface area (TPSA) is 92.0 Å². The smallest absolute Gasteiger partial charge is 0.241 e. The lowest BCUT2D eigenvalue weighted by molar-refractivity contribution is -0.127. The third-order valence-corrected chi connectivity index (χ3v) is 4.68. The summed E-state index contributed by atoms with van der Waals surface area (Å²) in [5, 5.41) is 6.33. The number of halogens is 1. The van der Waals surface area contributed by atoms with Crippen molar-refractivity contribution in [3.8, 4) is 11.5 Å². The second-order valence-electron chi connectivity index (χ2n) is 7.33. The number of ether oxygens (including phenoxy) is 1. The van der Waals surface area contributed by atoms with Gasteiger partial charge in [-0.15, -0.1) is 24.0 Å². The van der Waals surface area contributed by atoms with Gasteiger partial charge in [-0.3, -0.25) is 4.79 Å². The molecule has 3 rings (SSSR count). The SMILES string of the molecule is Cc1ccc(-c2nc(CN=C(NCC(=O)N(C)C)NCC3CCCO3)co2)cc1.I. The number of aryl methyl sites for hydroxylation is 1. The molecule has 1 unspecified atom stereocenters. The maximum absolute atomic E-state index is 11.9. The van der Waals surface area contributed by atoms with Gasteiger partial charge in [0.2, 0.25) is 11.8 Å². The number of rotatable bonds is 7. The van der Waals surface area contributed by atoms with Crippen molar-refractivity contribution < 1.29 is 13.9 Å². The number of likely N-dealkylation sites (N-methyl/N-ethyl adjacent to an activating group) is 1. The van der Waals surface area contributed by atoms with Gasteiger partial charge in [0.1, 0.15) is 12.0 Å². The van der Waals surface area contributed by atoms with Gasteiger partial charge >= 0.3 is 0 Å². The standard InChI is InChI=1S/C21H29N5O3.HI/c1-15-6-8-16(9-7-15)20-25-17(14-29-20)11-22-21(24-13-19(27)26(2)3)23-12-18-5-4-10-28-18;/h6-9,14,18H,4-5,10-13H2,1-3H3,(H2,22,23,24);1H. The predicted molar refractivity (Wildman–Crippen MR) is 127 cm³/mol. The van der Waals surface area contributed by atoms with Crippen LogP contribution >= 0.6 is 24.0 Å². The number of hydrogen-bond donors (Lipinski definition) is 2. The Balaban J connectivity index is 0.00000320. The number of carbonyl (C=O) groups excluding carboxylic acids is 1. The van der Waals surface area contributed by atoms with Gasteiger partial charge in [-0.2, -0.15) is 0 Å². The Hall–Kier alpha value is -2.14. The van der Waals surface area contributed by atoms with Crippen LogP contribution in [-0.2, 0) is 16.1 Å². The molecule has 164 valence electrons. The molecule has 0 saturated carbocycles. The van der Waals surface area contributed by atoms with Crippen molar-refractivity contribution in [2.75, 3.05) is 33.8 Å². The van der Waals surface area contributed by atoms with E-state index >= 15 is 0 Å². The van der Waals surface area contributed by atoms with Crippen molar-refractivity contribution in [2.24, 2.45) is 4.99 Å². The Morgan fingerprint density at radius 2 is 2.03 bits per heavy atom. The van der Waals surface area contributed by atoms with E-state index in [-0.39, 0.29) is 42.5 Å². The molecule has 1 amide bonds. The number of aromatic nitrogens is 1. The zero-order valence-electron chi connectivity index (χ0n) is 17.7. The summed E-state index contributed by atoms with van der Waals surface area (Å²) in [7, 11) is 3.45. The zero-order chi connectivity index (χ0) is 20.6. The molecule has 1 aliphatic rings. The summed E-state index contributed by atoms with van der Waals surface area (Å²) in [4.78, 5) is 22.5. The Morgan fingerprint density at radius 3 is 2.70 bits per heavy atom. The number of amides is 1. The maximum Gasteiger partial charge on any atom is 0.241 e. The molecular formula is C21H30IN5O3. The largest absolute Gasteiger partial charge is 0.444 e. The zero-order valence-corrected chi connectivity index (χ0v) is 20.0. The van der Waals surface area contributed by atoms with E-state index in [1.54, 1.807) is 20.4 Å². The van der Waals surface area contributed by atoms with Gasteiger partial charge in [-0.1, -0.05) is 17.7 Å². The van der Waals surface area contributed by atoms with E-state index in [0.717, 1.165) is 30.7 Å². The van der Waals surface area contributed by atoms with Crippen LogP contribution in [0.15, 0.2) is 39.9 Å². The van der Waals surface area contributed by atoms with Crippen molar-refractivity contribution in [3.63, 3.8) is 0 Å². The number of carbonyl (C=O) groups is 1. The van der Waals surface area contributed by atoms with Gasteiger partial charge in [-0.25, -0.2) is 9.98 Å². The van der Waals surface area contributed by atoms with Gasteiger partial charge in [0.25, 0.3) is 0 Å². The fourth-order valence-corrected chi connectivity index (χ4v) is 2.88. The normalized spacial score (nSPS) is 16.1. The molecule has 0 aliphatic carbocycles. The van der Waals surface area contributed by atoms with Crippen LogP contribution in [0.5, 0.6) is 0 Å². The van der Waals surface area contributed by atoms with Crippen molar-refractivity contribution in [2.45, 2.75) is 32.4 Å². The molecule has 2 aromatic rings. The Morgan fingerprint density at radius 1 is 1.27 bits per heavy atom. The summed E-state index contributed by atoms with van der Waals surface area (Å²) in [6.07, 6.45) is 3.89. The van der Waals surface area contributed by atoms with Crippen LogP contribution in [0.3, 0.4) is 0 Å². The predicted octanol–water partition coefficient (Wildman–Crippen LogP) is 2.57. The van der Waals surface area contributed by atoms with E-state index in [1.165, 1.54) is 10.5 Å².